The highest BCUT2D eigenvalue weighted by Crippen LogP contribution is 2.40. The maximum absolute atomic E-state index is 12.5. The van der Waals surface area contributed by atoms with Crippen molar-refractivity contribution in [2.45, 2.75) is 38.5 Å². The molecule has 0 fully saturated rings. The minimum atomic E-state index is -0.735. The van der Waals surface area contributed by atoms with Crippen LogP contribution in [0.15, 0.2) is 97.2 Å². The monoisotopic (exact) mass is 540 g/mol. The van der Waals surface area contributed by atoms with E-state index in [-0.39, 0.29) is 25.7 Å². The van der Waals surface area contributed by atoms with E-state index in [1.807, 2.05) is 54.6 Å². The van der Waals surface area contributed by atoms with Gasteiger partial charge in [-0.25, -0.2) is 9.59 Å². The molecule has 0 unspecified atom stereocenters. The van der Waals surface area contributed by atoms with Crippen molar-refractivity contribution in [3.8, 4) is 0 Å². The second-order valence-corrected chi connectivity index (χ2v) is 10.3. The number of benzene rings is 3. The molecule has 0 spiro atoms. The number of ether oxygens (including phenoxy) is 1. The van der Waals surface area contributed by atoms with Crippen LogP contribution in [0.1, 0.15) is 43.0 Å². The summed E-state index contributed by atoms with van der Waals surface area (Å²) in [6.45, 7) is 6.11. The third-order valence-corrected chi connectivity index (χ3v) is 6.17. The first-order valence-electron chi connectivity index (χ1n) is 13.2. The Labute approximate surface area is 234 Å². The molecule has 0 atom stereocenters. The Bertz CT molecular complexity index is 1270. The third kappa shape index (κ3) is 7.19. The van der Waals surface area contributed by atoms with Crippen molar-refractivity contribution < 1.29 is 14.3 Å². The number of rotatable bonds is 10. The molecule has 1 heterocycles. The number of urea groups is 1. The molecule has 3 amide bonds. The molecule has 5 N–H and O–H groups in total. The molecule has 0 saturated carbocycles. The van der Waals surface area contributed by atoms with E-state index < -0.39 is 17.2 Å². The molecular weight excluding hydrogens is 504 g/mol. The predicted octanol–water partition coefficient (Wildman–Crippen LogP) is 5.14. The van der Waals surface area contributed by atoms with E-state index in [1.54, 1.807) is 27.0 Å². The van der Waals surface area contributed by atoms with Crippen LogP contribution in [0, 0.1) is 0 Å². The number of carbonyl (C=O) groups is 2. The van der Waals surface area contributed by atoms with Crippen LogP contribution < -0.4 is 21.3 Å². The van der Waals surface area contributed by atoms with Crippen molar-refractivity contribution >= 4 is 17.9 Å². The molecule has 9 nitrogen and oxygen atoms in total. The second-order valence-electron chi connectivity index (χ2n) is 10.3. The van der Waals surface area contributed by atoms with Gasteiger partial charge in [-0.15, -0.1) is 0 Å². The fourth-order valence-corrected chi connectivity index (χ4v) is 4.41. The quantitative estimate of drug-likeness (QED) is 0.141. The number of nitrogens with one attached hydrogen (secondary N) is 5. The Morgan fingerprint density at radius 2 is 1.25 bits per heavy atom. The van der Waals surface area contributed by atoms with Gasteiger partial charge in [-0.05, 0) is 37.5 Å². The Balaban J connectivity index is 1.49. The van der Waals surface area contributed by atoms with Gasteiger partial charge in [0.2, 0.25) is 0 Å². The van der Waals surface area contributed by atoms with Gasteiger partial charge in [-0.2, -0.15) is 5.10 Å². The van der Waals surface area contributed by atoms with Gasteiger partial charge in [0.25, 0.3) is 0 Å². The zero-order valence-corrected chi connectivity index (χ0v) is 23.0. The van der Waals surface area contributed by atoms with Gasteiger partial charge in [0.15, 0.2) is 0 Å². The first-order valence-corrected chi connectivity index (χ1v) is 13.2. The highest BCUT2D eigenvalue weighted by molar-refractivity contribution is 5.74. The average molecular weight is 541 g/mol. The van der Waals surface area contributed by atoms with Crippen molar-refractivity contribution in [3.63, 3.8) is 0 Å². The van der Waals surface area contributed by atoms with Gasteiger partial charge in [-0.3, -0.25) is 5.10 Å². The molecule has 0 radical (unpaired) electrons. The molecular formula is C31H36N6O3. The maximum atomic E-state index is 12.5. The molecule has 0 aliphatic rings. The largest absolute Gasteiger partial charge is 0.444 e. The number of H-pyrrole nitrogens is 1. The molecule has 208 valence electrons. The van der Waals surface area contributed by atoms with Crippen LogP contribution in [-0.4, -0.2) is 41.0 Å². The number of alkyl carbamates (subject to hydrolysis) is 1. The van der Waals surface area contributed by atoms with Gasteiger partial charge >= 0.3 is 12.1 Å². The van der Waals surface area contributed by atoms with E-state index in [1.165, 1.54) is 0 Å². The van der Waals surface area contributed by atoms with Gasteiger partial charge < -0.3 is 26.0 Å². The van der Waals surface area contributed by atoms with Crippen LogP contribution in [-0.2, 0) is 16.8 Å². The summed E-state index contributed by atoms with van der Waals surface area (Å²) in [4.78, 5) is 24.2. The van der Waals surface area contributed by atoms with Gasteiger partial charge in [0.05, 0.1) is 6.20 Å². The number of anilines is 1. The first kappa shape index (κ1) is 28.2. The third-order valence-electron chi connectivity index (χ3n) is 6.17. The standard InChI is InChI=1S/C31H36N6O3/c1-30(2,3)40-29(39)33-20-19-32-28(38)34-21-23-22-35-37-27(23)36-31(24-13-7-4-8-14-24,25-15-9-5-10-16-25)26-17-11-6-12-18-26/h4-18,22H,19-21H2,1-3H3,(H,33,39)(H2,32,34,38)(H2,35,36,37). The molecule has 40 heavy (non-hydrogen) atoms. The van der Waals surface area contributed by atoms with Crippen LogP contribution in [0.2, 0.25) is 0 Å². The lowest BCUT2D eigenvalue weighted by Crippen LogP contribution is -2.41. The lowest BCUT2D eigenvalue weighted by molar-refractivity contribution is 0.0528. The highest BCUT2D eigenvalue weighted by atomic mass is 16.6. The average Bonchev–Trinajstić information content (AvgIpc) is 3.40. The Morgan fingerprint density at radius 3 is 1.75 bits per heavy atom. The lowest BCUT2D eigenvalue weighted by atomic mass is 9.77. The number of carbonyl (C=O) groups excluding carboxylic acids is 2. The fourth-order valence-electron chi connectivity index (χ4n) is 4.41. The van der Waals surface area contributed by atoms with E-state index in [2.05, 4.69) is 67.9 Å². The van der Waals surface area contributed by atoms with Crippen LogP contribution in [0.4, 0.5) is 15.4 Å². The highest BCUT2D eigenvalue weighted by Gasteiger charge is 2.37. The fraction of sp³-hybridized carbons (Fsp3) is 0.258. The summed E-state index contributed by atoms with van der Waals surface area (Å²) in [6, 6.07) is 30.4. The number of nitrogens with zero attached hydrogens (tertiary/aromatic N) is 1. The molecule has 9 heteroatoms. The van der Waals surface area contributed by atoms with Crippen molar-refractivity contribution in [3.05, 3.63) is 119 Å². The molecule has 0 aliphatic carbocycles. The lowest BCUT2D eigenvalue weighted by Gasteiger charge is -2.37. The first-order chi connectivity index (χ1) is 19.3. The summed E-state index contributed by atoms with van der Waals surface area (Å²) >= 11 is 0. The molecule has 0 aliphatic heterocycles. The molecule has 1 aromatic heterocycles. The minimum Gasteiger partial charge on any atom is -0.444 e. The van der Waals surface area contributed by atoms with Crippen molar-refractivity contribution in [1.82, 2.24) is 26.1 Å². The van der Waals surface area contributed by atoms with Crippen LogP contribution >= 0.6 is 0 Å². The minimum absolute atomic E-state index is 0.235. The summed E-state index contributed by atoms with van der Waals surface area (Å²) in [5.74, 6) is 0.684. The maximum Gasteiger partial charge on any atom is 0.407 e. The number of hydrogen-bond donors (Lipinski definition) is 5. The van der Waals surface area contributed by atoms with Crippen molar-refractivity contribution in [2.24, 2.45) is 0 Å². The van der Waals surface area contributed by atoms with Crippen molar-refractivity contribution in [2.75, 3.05) is 18.4 Å². The van der Waals surface area contributed by atoms with E-state index in [0.717, 1.165) is 22.3 Å². The van der Waals surface area contributed by atoms with E-state index in [0.29, 0.717) is 5.82 Å². The smallest absolute Gasteiger partial charge is 0.407 e. The topological polar surface area (TPSA) is 120 Å². The van der Waals surface area contributed by atoms with Crippen LogP contribution in [0.25, 0.3) is 0 Å². The Hall–Kier alpha value is -4.79. The van der Waals surface area contributed by atoms with E-state index in [9.17, 15) is 9.59 Å². The van der Waals surface area contributed by atoms with Gasteiger partial charge in [0.1, 0.15) is 17.0 Å². The molecule has 0 bridgehead atoms. The molecule has 0 saturated heterocycles. The number of amides is 3. The van der Waals surface area contributed by atoms with Crippen LogP contribution in [0.5, 0.6) is 0 Å². The SMILES string of the molecule is CC(C)(C)OC(=O)NCCNC(=O)NCc1cn[nH]c1NC(c1ccccc1)(c1ccccc1)c1ccccc1. The van der Waals surface area contributed by atoms with Gasteiger partial charge in [0, 0.05) is 25.2 Å². The van der Waals surface area contributed by atoms with Crippen molar-refractivity contribution in [1.29, 1.82) is 0 Å². The zero-order valence-electron chi connectivity index (χ0n) is 23.0. The summed E-state index contributed by atoms with van der Waals surface area (Å²) in [5.41, 5.74) is 2.63. The Morgan fingerprint density at radius 1 is 0.750 bits per heavy atom. The molecule has 4 aromatic rings. The Kier molecular flexibility index (Phi) is 9.06. The summed E-state index contributed by atoms with van der Waals surface area (Å²) < 4.78 is 5.19. The number of aromatic nitrogens is 2. The summed E-state index contributed by atoms with van der Waals surface area (Å²) in [7, 11) is 0. The van der Waals surface area contributed by atoms with E-state index >= 15 is 0 Å². The molecule has 3 aromatic carbocycles. The normalized spacial score (nSPS) is 11.4. The van der Waals surface area contributed by atoms with Crippen LogP contribution in [0.3, 0.4) is 0 Å². The predicted molar refractivity (Wildman–Crippen MR) is 156 cm³/mol. The second kappa shape index (κ2) is 12.8. The summed E-state index contributed by atoms with van der Waals surface area (Å²) in [5, 5.41) is 19.3. The number of aromatic amines is 1. The summed E-state index contributed by atoms with van der Waals surface area (Å²) in [6.07, 6.45) is 1.17. The van der Waals surface area contributed by atoms with Gasteiger partial charge in [-0.1, -0.05) is 91.0 Å². The van der Waals surface area contributed by atoms with E-state index in [4.69, 9.17) is 4.74 Å². The molecule has 4 rings (SSSR count). The zero-order chi connectivity index (χ0) is 28.4. The number of hydrogen-bond acceptors (Lipinski definition) is 5.